The number of carbonyl (C=O) groups is 2. The van der Waals surface area contributed by atoms with Crippen LogP contribution in [0.25, 0.3) is 0 Å². The van der Waals surface area contributed by atoms with Gasteiger partial charge in [-0.05, 0) is 48.5 Å². The highest BCUT2D eigenvalue weighted by Crippen LogP contribution is 2.22. The van der Waals surface area contributed by atoms with Crippen LogP contribution in [0.4, 0.5) is 5.69 Å². The van der Waals surface area contributed by atoms with Crippen LogP contribution < -0.4 is 10.1 Å². The zero-order valence-corrected chi connectivity index (χ0v) is 15.7. The minimum absolute atomic E-state index is 0.0949. The third kappa shape index (κ3) is 5.21. The molecule has 0 fully saturated rings. The maximum absolute atomic E-state index is 12.3. The summed E-state index contributed by atoms with van der Waals surface area (Å²) < 4.78 is 5.09. The van der Waals surface area contributed by atoms with Crippen molar-refractivity contribution in [2.75, 3.05) is 18.2 Å². The minimum atomic E-state index is -0.183. The molecule has 0 aromatic heterocycles. The Bertz CT molecular complexity index is 907. The van der Waals surface area contributed by atoms with Crippen molar-refractivity contribution < 1.29 is 14.3 Å². The lowest BCUT2D eigenvalue weighted by Gasteiger charge is -2.07. The van der Waals surface area contributed by atoms with Crippen LogP contribution in [0.2, 0.25) is 0 Å². The summed E-state index contributed by atoms with van der Waals surface area (Å²) in [7, 11) is 1.59. The van der Waals surface area contributed by atoms with Crippen molar-refractivity contribution in [3.05, 3.63) is 90.0 Å². The van der Waals surface area contributed by atoms with Gasteiger partial charge in [-0.3, -0.25) is 9.59 Å². The number of rotatable bonds is 7. The summed E-state index contributed by atoms with van der Waals surface area (Å²) in [6, 6.07) is 23.6. The highest BCUT2D eigenvalue weighted by atomic mass is 32.2. The highest BCUT2D eigenvalue weighted by Gasteiger charge is 2.08. The largest absolute Gasteiger partial charge is 0.497 e. The van der Waals surface area contributed by atoms with E-state index < -0.39 is 0 Å². The molecule has 5 heteroatoms. The van der Waals surface area contributed by atoms with Crippen molar-refractivity contribution >= 4 is 29.1 Å². The molecular weight excluding hydrogens is 358 g/mol. The number of Topliss-reactive ketones (excluding diaryl/α,β-unsaturated/α-hetero) is 1. The standard InChI is InChI=1S/C22H19NO3S/c1-26-19-11-7-17(8-12-19)22(25)23-18-9-13-20(14-10-18)27-15-21(24)16-5-3-2-4-6-16/h2-14H,15H2,1H3,(H,23,25). The van der Waals surface area contributed by atoms with Crippen molar-refractivity contribution in [3.63, 3.8) is 0 Å². The van der Waals surface area contributed by atoms with Crippen LogP contribution in [0.3, 0.4) is 0 Å². The van der Waals surface area contributed by atoms with E-state index in [9.17, 15) is 9.59 Å². The maximum Gasteiger partial charge on any atom is 0.255 e. The van der Waals surface area contributed by atoms with Crippen molar-refractivity contribution in [2.45, 2.75) is 4.90 Å². The van der Waals surface area contributed by atoms with E-state index in [0.29, 0.717) is 28.3 Å². The average Bonchev–Trinajstić information content (AvgIpc) is 2.73. The van der Waals surface area contributed by atoms with Gasteiger partial charge in [-0.2, -0.15) is 0 Å². The number of methoxy groups -OCH3 is 1. The molecule has 136 valence electrons. The van der Waals surface area contributed by atoms with E-state index >= 15 is 0 Å². The fourth-order valence-corrected chi connectivity index (χ4v) is 3.23. The van der Waals surface area contributed by atoms with Gasteiger partial charge in [0.25, 0.3) is 5.91 Å². The van der Waals surface area contributed by atoms with Crippen LogP contribution in [-0.4, -0.2) is 24.6 Å². The average molecular weight is 377 g/mol. The Labute approximate surface area is 162 Å². The second-order valence-electron chi connectivity index (χ2n) is 5.78. The molecule has 0 bridgehead atoms. The van der Waals surface area contributed by atoms with Crippen molar-refractivity contribution in [2.24, 2.45) is 0 Å². The Kier molecular flexibility index (Phi) is 6.28. The smallest absolute Gasteiger partial charge is 0.255 e. The first-order valence-corrected chi connectivity index (χ1v) is 9.41. The SMILES string of the molecule is COc1ccc(C(=O)Nc2ccc(SCC(=O)c3ccccc3)cc2)cc1. The normalized spacial score (nSPS) is 10.3. The Balaban J connectivity index is 1.55. The zero-order valence-electron chi connectivity index (χ0n) is 14.8. The molecule has 4 nitrogen and oxygen atoms in total. The number of carbonyl (C=O) groups excluding carboxylic acids is 2. The van der Waals surface area contributed by atoms with Crippen LogP contribution >= 0.6 is 11.8 Å². The van der Waals surface area contributed by atoms with E-state index in [4.69, 9.17) is 4.74 Å². The second kappa shape index (κ2) is 9.05. The number of anilines is 1. The van der Waals surface area contributed by atoms with Crippen molar-refractivity contribution in [3.8, 4) is 5.75 Å². The first kappa shape index (κ1) is 18.7. The summed E-state index contributed by atoms with van der Waals surface area (Å²) in [5, 5.41) is 2.86. The predicted molar refractivity (Wildman–Crippen MR) is 109 cm³/mol. The van der Waals surface area contributed by atoms with Gasteiger partial charge in [0.05, 0.1) is 12.9 Å². The molecule has 0 heterocycles. The molecule has 1 N–H and O–H groups in total. The van der Waals surface area contributed by atoms with E-state index in [0.717, 1.165) is 4.90 Å². The van der Waals surface area contributed by atoms with Gasteiger partial charge in [-0.25, -0.2) is 0 Å². The van der Waals surface area contributed by atoms with Gasteiger partial charge in [0.2, 0.25) is 0 Å². The monoisotopic (exact) mass is 377 g/mol. The number of ketones is 1. The zero-order chi connectivity index (χ0) is 19.1. The maximum atomic E-state index is 12.3. The van der Waals surface area contributed by atoms with Crippen LogP contribution in [0.1, 0.15) is 20.7 Å². The first-order chi connectivity index (χ1) is 13.2. The summed E-state index contributed by atoms with van der Waals surface area (Å²) in [5.74, 6) is 0.995. The van der Waals surface area contributed by atoms with Crippen LogP contribution in [0, 0.1) is 0 Å². The van der Waals surface area contributed by atoms with E-state index in [1.54, 1.807) is 31.4 Å². The molecule has 0 saturated heterocycles. The third-order valence-electron chi connectivity index (χ3n) is 3.93. The van der Waals surface area contributed by atoms with Gasteiger partial charge in [-0.1, -0.05) is 30.3 Å². The van der Waals surface area contributed by atoms with E-state index in [1.807, 2.05) is 54.6 Å². The molecule has 1 amide bonds. The molecule has 0 aliphatic heterocycles. The van der Waals surface area contributed by atoms with Crippen molar-refractivity contribution in [1.82, 2.24) is 0 Å². The van der Waals surface area contributed by atoms with E-state index in [2.05, 4.69) is 5.32 Å². The predicted octanol–water partition coefficient (Wildman–Crippen LogP) is 4.92. The first-order valence-electron chi connectivity index (χ1n) is 8.42. The fraction of sp³-hybridized carbons (Fsp3) is 0.0909. The van der Waals surface area contributed by atoms with Crippen LogP contribution in [-0.2, 0) is 0 Å². The Hall–Kier alpha value is -3.05. The number of hydrogen-bond donors (Lipinski definition) is 1. The summed E-state index contributed by atoms with van der Waals surface area (Å²) in [6.45, 7) is 0. The second-order valence-corrected chi connectivity index (χ2v) is 6.83. The number of amides is 1. The lowest BCUT2D eigenvalue weighted by Crippen LogP contribution is -2.11. The molecular formula is C22H19NO3S. The molecule has 0 unspecified atom stereocenters. The fourth-order valence-electron chi connectivity index (χ4n) is 2.44. The molecule has 0 radical (unpaired) electrons. The summed E-state index contributed by atoms with van der Waals surface area (Å²) in [4.78, 5) is 25.4. The number of thioether (sulfide) groups is 1. The lowest BCUT2D eigenvalue weighted by molar-refractivity contribution is 0.101. The summed E-state index contributed by atoms with van der Waals surface area (Å²) in [6.07, 6.45) is 0. The molecule has 3 aromatic carbocycles. The molecule has 3 aromatic rings. The van der Waals surface area contributed by atoms with E-state index in [1.165, 1.54) is 11.8 Å². The highest BCUT2D eigenvalue weighted by molar-refractivity contribution is 8.00. The van der Waals surface area contributed by atoms with Gasteiger partial charge in [0.15, 0.2) is 5.78 Å². The van der Waals surface area contributed by atoms with Crippen LogP contribution in [0.15, 0.2) is 83.8 Å². The molecule has 0 aliphatic carbocycles. The van der Waals surface area contributed by atoms with Gasteiger partial charge in [0, 0.05) is 21.7 Å². The van der Waals surface area contributed by atoms with Gasteiger partial charge in [0.1, 0.15) is 5.75 Å². The quantitative estimate of drug-likeness (QED) is 0.469. The number of ether oxygens (including phenoxy) is 1. The van der Waals surface area contributed by atoms with Gasteiger partial charge < -0.3 is 10.1 Å². The Morgan fingerprint density at radius 3 is 2.15 bits per heavy atom. The van der Waals surface area contributed by atoms with E-state index in [-0.39, 0.29) is 11.7 Å². The summed E-state index contributed by atoms with van der Waals surface area (Å²) >= 11 is 1.48. The minimum Gasteiger partial charge on any atom is -0.497 e. The molecule has 0 saturated carbocycles. The summed E-state index contributed by atoms with van der Waals surface area (Å²) in [5.41, 5.74) is 1.98. The Morgan fingerprint density at radius 2 is 1.52 bits per heavy atom. The van der Waals surface area contributed by atoms with Crippen molar-refractivity contribution in [1.29, 1.82) is 0 Å². The van der Waals surface area contributed by atoms with Gasteiger partial charge in [-0.15, -0.1) is 11.8 Å². The Morgan fingerprint density at radius 1 is 0.852 bits per heavy atom. The number of hydrogen-bond acceptors (Lipinski definition) is 4. The molecule has 27 heavy (non-hydrogen) atoms. The molecule has 3 rings (SSSR count). The number of nitrogens with one attached hydrogen (secondary N) is 1. The molecule has 0 aliphatic rings. The third-order valence-corrected chi connectivity index (χ3v) is 4.94. The molecule has 0 spiro atoms. The number of benzene rings is 3. The topological polar surface area (TPSA) is 55.4 Å². The lowest BCUT2D eigenvalue weighted by atomic mass is 10.2. The molecule has 0 atom stereocenters. The van der Waals surface area contributed by atoms with Gasteiger partial charge >= 0.3 is 0 Å². The van der Waals surface area contributed by atoms with Crippen LogP contribution in [0.5, 0.6) is 5.75 Å².